The minimum atomic E-state index is -4.56. The standard InChI is InChI=1S/C13H16F3N5/c1-8-7-10(20(2)6-5-9-3-4-9)21-12(17-8)18-11(19-21)13(14,15)16/h7,9H,3-6H2,1-2H3. The first-order chi connectivity index (χ1) is 9.84. The van der Waals surface area contributed by atoms with Gasteiger partial charge in [-0.05, 0) is 19.3 Å². The SMILES string of the molecule is Cc1cc(N(C)CCC2CC2)n2nc(C(F)(F)F)nc2n1. The van der Waals surface area contributed by atoms with E-state index in [0.717, 1.165) is 18.9 Å². The van der Waals surface area contributed by atoms with Crippen LogP contribution in [0.4, 0.5) is 19.0 Å². The van der Waals surface area contributed by atoms with Gasteiger partial charge in [0.25, 0.3) is 11.6 Å². The second-order valence-corrected chi connectivity index (χ2v) is 5.55. The van der Waals surface area contributed by atoms with Crippen molar-refractivity contribution in [1.29, 1.82) is 0 Å². The second-order valence-electron chi connectivity index (χ2n) is 5.55. The predicted octanol–water partition coefficient (Wildman–Crippen LogP) is 2.69. The first-order valence-electron chi connectivity index (χ1n) is 6.87. The molecule has 0 N–H and O–H groups in total. The van der Waals surface area contributed by atoms with E-state index >= 15 is 0 Å². The zero-order valence-corrected chi connectivity index (χ0v) is 11.9. The first-order valence-corrected chi connectivity index (χ1v) is 6.87. The minimum Gasteiger partial charge on any atom is -0.359 e. The van der Waals surface area contributed by atoms with Crippen LogP contribution in [-0.4, -0.2) is 33.2 Å². The Hall–Kier alpha value is -1.86. The summed E-state index contributed by atoms with van der Waals surface area (Å²) in [5, 5.41) is 3.57. The quantitative estimate of drug-likeness (QED) is 0.871. The third-order valence-electron chi connectivity index (χ3n) is 3.64. The van der Waals surface area contributed by atoms with Crippen LogP contribution in [0, 0.1) is 12.8 Å². The highest BCUT2D eigenvalue weighted by Gasteiger charge is 2.37. The van der Waals surface area contributed by atoms with E-state index in [-0.39, 0.29) is 5.78 Å². The fourth-order valence-corrected chi connectivity index (χ4v) is 2.26. The van der Waals surface area contributed by atoms with Crippen molar-refractivity contribution in [3.63, 3.8) is 0 Å². The van der Waals surface area contributed by atoms with Gasteiger partial charge in [-0.15, -0.1) is 5.10 Å². The molecule has 1 aliphatic rings. The van der Waals surface area contributed by atoms with Crippen LogP contribution in [0.25, 0.3) is 5.78 Å². The summed E-state index contributed by atoms with van der Waals surface area (Å²) in [6.07, 6.45) is -1.02. The Morgan fingerprint density at radius 1 is 1.33 bits per heavy atom. The van der Waals surface area contributed by atoms with Gasteiger partial charge in [0.2, 0.25) is 0 Å². The van der Waals surface area contributed by atoms with E-state index < -0.39 is 12.0 Å². The summed E-state index contributed by atoms with van der Waals surface area (Å²) >= 11 is 0. The molecule has 0 bridgehead atoms. The Morgan fingerprint density at radius 3 is 2.67 bits per heavy atom. The second kappa shape index (κ2) is 4.85. The Bertz CT molecular complexity index is 660. The lowest BCUT2D eigenvalue weighted by Crippen LogP contribution is -2.22. The number of hydrogen-bond donors (Lipinski definition) is 0. The number of fused-ring (bicyclic) bond motifs is 1. The van der Waals surface area contributed by atoms with Crippen LogP contribution >= 0.6 is 0 Å². The zero-order chi connectivity index (χ0) is 15.2. The maximum absolute atomic E-state index is 12.7. The van der Waals surface area contributed by atoms with E-state index in [2.05, 4.69) is 15.1 Å². The van der Waals surface area contributed by atoms with Crippen molar-refractivity contribution in [2.24, 2.45) is 5.92 Å². The lowest BCUT2D eigenvalue weighted by molar-refractivity contribution is -0.144. The molecule has 0 aliphatic heterocycles. The summed E-state index contributed by atoms with van der Waals surface area (Å²) in [6.45, 7) is 2.52. The third-order valence-corrected chi connectivity index (χ3v) is 3.64. The zero-order valence-electron chi connectivity index (χ0n) is 11.9. The van der Waals surface area contributed by atoms with Crippen molar-refractivity contribution in [1.82, 2.24) is 19.6 Å². The molecule has 1 saturated carbocycles. The van der Waals surface area contributed by atoms with Crippen molar-refractivity contribution in [3.8, 4) is 0 Å². The summed E-state index contributed by atoms with van der Waals surface area (Å²) in [4.78, 5) is 9.42. The van der Waals surface area contributed by atoms with Crippen LogP contribution in [0.2, 0.25) is 0 Å². The highest BCUT2D eigenvalue weighted by molar-refractivity contribution is 5.47. The number of rotatable bonds is 4. The average molecular weight is 299 g/mol. The largest absolute Gasteiger partial charge is 0.453 e. The normalized spacial score (nSPS) is 15.7. The molecule has 0 aromatic carbocycles. The van der Waals surface area contributed by atoms with E-state index in [0.29, 0.717) is 11.5 Å². The molecule has 21 heavy (non-hydrogen) atoms. The fraction of sp³-hybridized carbons (Fsp3) is 0.615. The first kappa shape index (κ1) is 14.1. The monoisotopic (exact) mass is 299 g/mol. The Balaban J connectivity index is 1.97. The van der Waals surface area contributed by atoms with Crippen molar-refractivity contribution < 1.29 is 13.2 Å². The molecule has 114 valence electrons. The van der Waals surface area contributed by atoms with E-state index in [1.807, 2.05) is 11.9 Å². The Labute approximate surface area is 119 Å². The van der Waals surface area contributed by atoms with Gasteiger partial charge in [-0.2, -0.15) is 22.7 Å². The number of aromatic nitrogens is 4. The van der Waals surface area contributed by atoms with Crippen LogP contribution in [0.5, 0.6) is 0 Å². The molecule has 0 amide bonds. The number of alkyl halides is 3. The summed E-state index contributed by atoms with van der Waals surface area (Å²) in [5.74, 6) is 0.168. The molecule has 0 spiro atoms. The summed E-state index contributed by atoms with van der Waals surface area (Å²) < 4.78 is 39.4. The molecule has 8 heteroatoms. The third kappa shape index (κ3) is 2.93. The molecule has 0 unspecified atom stereocenters. The van der Waals surface area contributed by atoms with Gasteiger partial charge in [-0.3, -0.25) is 0 Å². The van der Waals surface area contributed by atoms with Crippen molar-refractivity contribution >= 4 is 11.6 Å². The number of nitrogens with zero attached hydrogens (tertiary/aromatic N) is 5. The van der Waals surface area contributed by atoms with Crippen LogP contribution in [0.3, 0.4) is 0 Å². The molecule has 2 heterocycles. The Kier molecular flexibility index (Phi) is 3.26. The highest BCUT2D eigenvalue weighted by atomic mass is 19.4. The molecule has 0 saturated heterocycles. The molecular formula is C13H16F3N5. The number of anilines is 1. The molecule has 1 aliphatic carbocycles. The fourth-order valence-electron chi connectivity index (χ4n) is 2.26. The number of hydrogen-bond acceptors (Lipinski definition) is 4. The molecule has 0 atom stereocenters. The highest BCUT2D eigenvalue weighted by Crippen LogP contribution is 2.33. The van der Waals surface area contributed by atoms with Crippen LogP contribution < -0.4 is 4.90 Å². The van der Waals surface area contributed by atoms with Gasteiger partial charge in [-0.25, -0.2) is 4.98 Å². The molecule has 3 rings (SSSR count). The lowest BCUT2D eigenvalue weighted by Gasteiger charge is -2.19. The van der Waals surface area contributed by atoms with Gasteiger partial charge in [0.15, 0.2) is 0 Å². The van der Waals surface area contributed by atoms with Gasteiger partial charge < -0.3 is 4.90 Å². The average Bonchev–Trinajstić information content (AvgIpc) is 3.11. The topological polar surface area (TPSA) is 46.3 Å². The van der Waals surface area contributed by atoms with Crippen LogP contribution in [0.15, 0.2) is 6.07 Å². The van der Waals surface area contributed by atoms with Crippen molar-refractivity contribution in [2.45, 2.75) is 32.4 Å². The smallest absolute Gasteiger partial charge is 0.359 e. The molecule has 2 aromatic heterocycles. The molecule has 1 fully saturated rings. The maximum Gasteiger partial charge on any atom is 0.453 e. The van der Waals surface area contributed by atoms with E-state index in [1.54, 1.807) is 13.0 Å². The minimum absolute atomic E-state index is 0.0180. The van der Waals surface area contributed by atoms with Crippen molar-refractivity contribution in [2.75, 3.05) is 18.5 Å². The molecule has 2 aromatic rings. The van der Waals surface area contributed by atoms with Crippen LogP contribution in [0.1, 0.15) is 30.8 Å². The number of aryl methyl sites for hydroxylation is 1. The van der Waals surface area contributed by atoms with E-state index in [4.69, 9.17) is 0 Å². The van der Waals surface area contributed by atoms with Gasteiger partial charge in [-0.1, -0.05) is 12.8 Å². The Morgan fingerprint density at radius 2 is 2.05 bits per heavy atom. The van der Waals surface area contributed by atoms with Gasteiger partial charge >= 0.3 is 6.18 Å². The van der Waals surface area contributed by atoms with E-state index in [9.17, 15) is 13.2 Å². The molecule has 0 radical (unpaired) electrons. The van der Waals surface area contributed by atoms with Crippen molar-refractivity contribution in [3.05, 3.63) is 17.6 Å². The lowest BCUT2D eigenvalue weighted by atomic mass is 10.3. The van der Waals surface area contributed by atoms with Gasteiger partial charge in [0.05, 0.1) is 0 Å². The summed E-state index contributed by atoms with van der Waals surface area (Å²) in [7, 11) is 1.85. The summed E-state index contributed by atoms with van der Waals surface area (Å²) in [6, 6.07) is 1.73. The summed E-state index contributed by atoms with van der Waals surface area (Å²) in [5.41, 5.74) is 0.622. The molecular weight excluding hydrogens is 283 g/mol. The molecule has 5 nitrogen and oxygen atoms in total. The van der Waals surface area contributed by atoms with E-state index in [1.165, 1.54) is 17.4 Å². The van der Waals surface area contributed by atoms with Crippen LogP contribution in [-0.2, 0) is 6.18 Å². The predicted molar refractivity (Wildman–Crippen MR) is 71.1 cm³/mol. The number of halogens is 3. The van der Waals surface area contributed by atoms with Gasteiger partial charge in [0.1, 0.15) is 5.82 Å². The maximum atomic E-state index is 12.7. The van der Waals surface area contributed by atoms with Gasteiger partial charge in [0, 0.05) is 25.4 Å².